The van der Waals surface area contributed by atoms with Crippen LogP contribution in [0.25, 0.3) is 0 Å². The van der Waals surface area contributed by atoms with Crippen LogP contribution in [-0.4, -0.2) is 35.6 Å². The highest BCUT2D eigenvalue weighted by molar-refractivity contribution is 6.02. The maximum absolute atomic E-state index is 12.0. The first-order chi connectivity index (χ1) is 8.16. The first-order valence-electron chi connectivity index (χ1n) is 5.56. The molecule has 2 atom stereocenters. The molecule has 0 radical (unpaired) electrons. The van der Waals surface area contributed by atoms with E-state index in [0.717, 1.165) is 13.0 Å². The van der Waals surface area contributed by atoms with Crippen molar-refractivity contribution < 1.29 is 14.7 Å². The number of rotatable bonds is 2. The van der Waals surface area contributed by atoms with E-state index >= 15 is 0 Å². The molecule has 0 aromatic heterocycles. The fourth-order valence-electron chi connectivity index (χ4n) is 2.58. The number of fused-ring (bicyclic) bond motifs is 2. The Morgan fingerprint density at radius 1 is 1.47 bits per heavy atom. The summed E-state index contributed by atoms with van der Waals surface area (Å²) in [6.07, 6.45) is 0.816. The Labute approximate surface area is 98.0 Å². The second kappa shape index (κ2) is 3.56. The van der Waals surface area contributed by atoms with Crippen LogP contribution >= 0.6 is 0 Å². The van der Waals surface area contributed by atoms with Crippen LogP contribution in [0.2, 0.25) is 0 Å². The molecule has 2 aliphatic rings. The van der Waals surface area contributed by atoms with Crippen LogP contribution < -0.4 is 10.2 Å². The van der Waals surface area contributed by atoms with E-state index in [1.807, 2.05) is 0 Å². The largest absolute Gasteiger partial charge is 0.478 e. The second-order valence-electron chi connectivity index (χ2n) is 4.41. The van der Waals surface area contributed by atoms with Crippen molar-refractivity contribution in [3.8, 4) is 0 Å². The van der Waals surface area contributed by atoms with Gasteiger partial charge in [0.05, 0.1) is 17.6 Å². The van der Waals surface area contributed by atoms with Gasteiger partial charge in [-0.3, -0.25) is 4.79 Å². The van der Waals surface area contributed by atoms with Gasteiger partial charge in [-0.2, -0.15) is 0 Å². The number of aromatic carboxylic acids is 1. The molecule has 0 saturated carbocycles. The lowest BCUT2D eigenvalue weighted by Gasteiger charge is -2.27. The maximum atomic E-state index is 12.0. The molecule has 0 unspecified atom stereocenters. The van der Waals surface area contributed by atoms with Crippen LogP contribution in [0, 0.1) is 0 Å². The van der Waals surface area contributed by atoms with Crippen LogP contribution in [0.3, 0.4) is 0 Å². The number of amides is 1. The van der Waals surface area contributed by atoms with Crippen LogP contribution in [-0.2, 0) is 4.79 Å². The molecule has 3 rings (SSSR count). The number of carbonyl (C=O) groups is 2. The average molecular weight is 232 g/mol. The first kappa shape index (κ1) is 10.3. The molecule has 2 bridgehead atoms. The number of anilines is 1. The van der Waals surface area contributed by atoms with E-state index in [1.165, 1.54) is 6.07 Å². The molecule has 5 nitrogen and oxygen atoms in total. The minimum absolute atomic E-state index is 0.0452. The molecule has 1 aromatic carbocycles. The Hall–Kier alpha value is -1.88. The summed E-state index contributed by atoms with van der Waals surface area (Å²) in [5.41, 5.74) is 0.898. The summed E-state index contributed by atoms with van der Waals surface area (Å²) in [6.45, 7) is 0.785. The summed E-state index contributed by atoms with van der Waals surface area (Å²) >= 11 is 0. The molecule has 2 N–H and O–H groups in total. The van der Waals surface area contributed by atoms with Crippen LogP contribution in [0.15, 0.2) is 24.3 Å². The van der Waals surface area contributed by atoms with Gasteiger partial charge in [-0.15, -0.1) is 0 Å². The quantitative estimate of drug-likeness (QED) is 0.777. The molecule has 17 heavy (non-hydrogen) atoms. The number of benzene rings is 1. The monoisotopic (exact) mass is 232 g/mol. The van der Waals surface area contributed by atoms with Crippen molar-refractivity contribution in [3.05, 3.63) is 29.8 Å². The van der Waals surface area contributed by atoms with Crippen molar-refractivity contribution in [1.29, 1.82) is 0 Å². The van der Waals surface area contributed by atoms with E-state index in [9.17, 15) is 9.59 Å². The number of hydrogen-bond acceptors (Lipinski definition) is 3. The summed E-state index contributed by atoms with van der Waals surface area (Å²) in [5.74, 6) is -0.925. The molecular formula is C12H12N2O3. The van der Waals surface area contributed by atoms with Gasteiger partial charge in [-0.05, 0) is 24.6 Å². The lowest BCUT2D eigenvalue weighted by molar-refractivity contribution is -0.119. The van der Waals surface area contributed by atoms with Crippen molar-refractivity contribution in [2.45, 2.75) is 18.5 Å². The predicted octanol–water partition coefficient (Wildman–Crippen LogP) is 0.462. The average Bonchev–Trinajstić information content (AvgIpc) is 2.89. The first-order valence-corrected chi connectivity index (χ1v) is 5.56. The van der Waals surface area contributed by atoms with E-state index in [4.69, 9.17) is 5.11 Å². The predicted molar refractivity (Wildman–Crippen MR) is 61.1 cm³/mol. The van der Waals surface area contributed by atoms with Gasteiger partial charge in [0.2, 0.25) is 5.91 Å². The van der Waals surface area contributed by atoms with Gasteiger partial charge < -0.3 is 15.3 Å². The molecule has 5 heteroatoms. The van der Waals surface area contributed by atoms with Gasteiger partial charge in [-0.1, -0.05) is 6.07 Å². The van der Waals surface area contributed by atoms with Crippen molar-refractivity contribution >= 4 is 17.6 Å². The third-order valence-corrected chi connectivity index (χ3v) is 3.38. The van der Waals surface area contributed by atoms with Crippen molar-refractivity contribution in [2.24, 2.45) is 0 Å². The van der Waals surface area contributed by atoms with Crippen LogP contribution in [0.5, 0.6) is 0 Å². The number of hydrogen-bond donors (Lipinski definition) is 2. The summed E-state index contributed by atoms with van der Waals surface area (Å²) in [5, 5.41) is 12.1. The summed E-state index contributed by atoms with van der Waals surface area (Å²) in [6, 6.07) is 6.62. The fraction of sp³-hybridized carbons (Fsp3) is 0.333. The molecule has 2 heterocycles. The van der Waals surface area contributed by atoms with Gasteiger partial charge >= 0.3 is 5.97 Å². The number of nitrogens with one attached hydrogen (secondary N) is 1. The molecule has 1 amide bonds. The maximum Gasteiger partial charge on any atom is 0.335 e. The molecular weight excluding hydrogens is 220 g/mol. The lowest BCUT2D eigenvalue weighted by atomic mass is 10.1. The minimum Gasteiger partial charge on any atom is -0.478 e. The van der Waals surface area contributed by atoms with Crippen LogP contribution in [0.1, 0.15) is 16.8 Å². The van der Waals surface area contributed by atoms with Gasteiger partial charge in [0.1, 0.15) is 0 Å². The van der Waals surface area contributed by atoms with Gasteiger partial charge in [0.15, 0.2) is 0 Å². The highest BCUT2D eigenvalue weighted by Crippen LogP contribution is 2.30. The van der Waals surface area contributed by atoms with Gasteiger partial charge in [-0.25, -0.2) is 4.79 Å². The summed E-state index contributed by atoms with van der Waals surface area (Å²) < 4.78 is 0. The SMILES string of the molecule is O=C(O)c1cccc(N2C(=O)[C@@H]3C[C@H]2CN3)c1. The molecule has 88 valence electrons. The standard InChI is InChI=1S/C12H12N2O3/c15-11-10-5-9(6-13-10)14(11)8-3-1-2-7(4-8)12(16)17/h1-4,9-10,13H,5-6H2,(H,16,17)/t9-,10-/m0/s1. The lowest BCUT2D eigenvalue weighted by Crippen LogP contribution is -2.48. The number of piperazine rings is 1. The van der Waals surface area contributed by atoms with E-state index in [1.54, 1.807) is 23.1 Å². The number of carbonyl (C=O) groups excluding carboxylic acids is 1. The zero-order valence-corrected chi connectivity index (χ0v) is 9.09. The Morgan fingerprint density at radius 3 is 2.94 bits per heavy atom. The van der Waals surface area contributed by atoms with Gasteiger partial charge in [0.25, 0.3) is 0 Å². The fourth-order valence-corrected chi connectivity index (χ4v) is 2.58. The Kier molecular flexibility index (Phi) is 2.16. The van der Waals surface area contributed by atoms with Crippen LogP contribution in [0.4, 0.5) is 5.69 Å². The van der Waals surface area contributed by atoms with Crippen molar-refractivity contribution in [3.63, 3.8) is 0 Å². The van der Waals surface area contributed by atoms with E-state index < -0.39 is 5.97 Å². The minimum atomic E-state index is -0.971. The normalized spacial score (nSPS) is 26.6. The third kappa shape index (κ3) is 1.51. The highest BCUT2D eigenvalue weighted by Gasteiger charge is 2.45. The summed E-state index contributed by atoms with van der Waals surface area (Å²) in [4.78, 5) is 24.6. The highest BCUT2D eigenvalue weighted by atomic mass is 16.4. The molecule has 0 aliphatic carbocycles. The van der Waals surface area contributed by atoms with E-state index in [0.29, 0.717) is 5.69 Å². The molecule has 2 aliphatic heterocycles. The third-order valence-electron chi connectivity index (χ3n) is 3.38. The Balaban J connectivity index is 1.97. The van der Waals surface area contributed by atoms with Crippen molar-refractivity contribution in [1.82, 2.24) is 5.32 Å². The molecule has 1 aromatic rings. The van der Waals surface area contributed by atoms with Gasteiger partial charge in [0, 0.05) is 12.2 Å². The molecule has 2 saturated heterocycles. The number of carboxylic acids is 1. The number of nitrogens with zero attached hydrogens (tertiary/aromatic N) is 1. The van der Waals surface area contributed by atoms with E-state index in [-0.39, 0.29) is 23.6 Å². The molecule has 0 spiro atoms. The Bertz CT molecular complexity index is 500. The zero-order valence-electron chi connectivity index (χ0n) is 9.09. The smallest absolute Gasteiger partial charge is 0.335 e. The summed E-state index contributed by atoms with van der Waals surface area (Å²) in [7, 11) is 0. The Morgan fingerprint density at radius 2 is 2.29 bits per heavy atom. The second-order valence-corrected chi connectivity index (χ2v) is 4.41. The van der Waals surface area contributed by atoms with E-state index in [2.05, 4.69) is 5.32 Å². The van der Waals surface area contributed by atoms with Crippen molar-refractivity contribution in [2.75, 3.05) is 11.4 Å². The molecule has 2 fully saturated rings. The number of carboxylic acid groups (broad SMARTS) is 1. The zero-order chi connectivity index (χ0) is 12.0. The topological polar surface area (TPSA) is 69.6 Å².